The minimum atomic E-state index is -0.394. The average molecular weight is 796 g/mol. The Kier molecular flexibility index (Phi) is 14.5. The Balaban J connectivity index is 0.878. The first-order chi connectivity index (χ1) is 28.4. The molecule has 2 N–H and O–H groups in total. The number of nitrogens with zero attached hydrogens (tertiary/aromatic N) is 1. The van der Waals surface area contributed by atoms with Crippen molar-refractivity contribution in [3.63, 3.8) is 0 Å². The second-order valence-corrected chi connectivity index (χ2v) is 13.8. The molecule has 2 heterocycles. The van der Waals surface area contributed by atoms with Crippen LogP contribution in [0.5, 0.6) is 46.0 Å². The maximum Gasteiger partial charge on any atom is 0.255 e. The molecule has 0 spiro atoms. The number of benzene rings is 4. The van der Waals surface area contributed by atoms with Crippen molar-refractivity contribution in [1.82, 2.24) is 10.5 Å². The average Bonchev–Trinajstić information content (AvgIpc) is 3.76. The van der Waals surface area contributed by atoms with Crippen LogP contribution in [0.3, 0.4) is 0 Å². The lowest BCUT2D eigenvalue weighted by Crippen LogP contribution is -2.38. The number of fused-ring (bicyclic) bond motifs is 1. The molecule has 13 nitrogen and oxygen atoms in total. The number of carbonyl (C=O) groups excluding carboxylic acids is 1. The second-order valence-electron chi connectivity index (χ2n) is 13.8. The minimum Gasteiger partial charge on any atom is -0.497 e. The zero-order valence-electron chi connectivity index (χ0n) is 34.1. The number of amides is 1. The molecule has 1 amide bonds. The predicted octanol–water partition coefficient (Wildman–Crippen LogP) is 9.49. The molecule has 0 bridgehead atoms. The van der Waals surface area contributed by atoms with E-state index < -0.39 is 6.17 Å². The van der Waals surface area contributed by atoms with Crippen LogP contribution in [-0.2, 0) is 0 Å². The number of hydrogen-bond donors (Lipinski definition) is 2. The topological polar surface area (TPSA) is 141 Å². The predicted molar refractivity (Wildman–Crippen MR) is 221 cm³/mol. The van der Waals surface area contributed by atoms with Gasteiger partial charge in [0, 0.05) is 22.9 Å². The smallest absolute Gasteiger partial charge is 0.255 e. The lowest BCUT2D eigenvalue weighted by molar-refractivity contribution is 0.0935. The zero-order valence-corrected chi connectivity index (χ0v) is 34.1. The van der Waals surface area contributed by atoms with E-state index in [-0.39, 0.29) is 5.91 Å². The summed E-state index contributed by atoms with van der Waals surface area (Å²) in [7, 11) is 9.55. The third-order valence-electron chi connectivity index (χ3n) is 10.0. The lowest BCUT2D eigenvalue weighted by Gasteiger charge is -2.28. The van der Waals surface area contributed by atoms with Crippen molar-refractivity contribution < 1.29 is 47.2 Å². The van der Waals surface area contributed by atoms with Crippen LogP contribution in [0.1, 0.15) is 73.5 Å². The number of carbonyl (C=O) groups is 1. The van der Waals surface area contributed by atoms with Crippen molar-refractivity contribution in [2.45, 2.75) is 57.5 Å². The van der Waals surface area contributed by atoms with Crippen LogP contribution < -0.4 is 48.5 Å². The summed E-state index contributed by atoms with van der Waals surface area (Å²) in [5, 5.41) is 10.7. The van der Waals surface area contributed by atoms with Gasteiger partial charge < -0.3 is 53.1 Å². The minimum absolute atomic E-state index is 0.166. The van der Waals surface area contributed by atoms with Crippen molar-refractivity contribution in [1.29, 1.82) is 0 Å². The molecule has 4 aromatic carbocycles. The molecule has 1 aromatic heterocycles. The van der Waals surface area contributed by atoms with Crippen molar-refractivity contribution in [2.24, 2.45) is 0 Å². The highest BCUT2D eigenvalue weighted by Crippen LogP contribution is 2.42. The van der Waals surface area contributed by atoms with Crippen molar-refractivity contribution >= 4 is 11.6 Å². The Morgan fingerprint density at radius 2 is 1.17 bits per heavy atom. The van der Waals surface area contributed by atoms with Gasteiger partial charge in [0.2, 0.25) is 5.75 Å². The summed E-state index contributed by atoms with van der Waals surface area (Å²) in [6.07, 6.45) is 8.36. The molecule has 1 atom stereocenters. The number of methoxy groups -OCH3 is 6. The van der Waals surface area contributed by atoms with Crippen LogP contribution in [0.25, 0.3) is 22.6 Å². The Labute approximate surface area is 339 Å². The zero-order chi connectivity index (χ0) is 40.9. The van der Waals surface area contributed by atoms with E-state index in [1.807, 2.05) is 66.7 Å². The molecule has 0 saturated carbocycles. The maximum absolute atomic E-state index is 12.8. The number of ether oxygens (including phenoxy) is 8. The molecule has 308 valence electrons. The quantitative estimate of drug-likeness (QED) is 0.0645. The highest BCUT2D eigenvalue weighted by molar-refractivity contribution is 6.02. The monoisotopic (exact) mass is 795 g/mol. The largest absolute Gasteiger partial charge is 0.497 e. The SMILES string of the molecule is COc1ccc2c(c1)C(=O)NC(c1ccc(OCCCCCCCCCCOc3cc(-c4cc(-c5cc(OC)c(OC)c(OC)c5)on4)ccc3OC)c(OC)c1)N2. The molecule has 5 aromatic rings. The summed E-state index contributed by atoms with van der Waals surface area (Å²) in [5.41, 5.74) is 4.41. The Hall–Kier alpha value is -6.24. The van der Waals surface area contributed by atoms with Crippen molar-refractivity contribution in [2.75, 3.05) is 61.2 Å². The van der Waals surface area contributed by atoms with Gasteiger partial charge in [0.15, 0.2) is 40.3 Å². The van der Waals surface area contributed by atoms with Crippen LogP contribution in [0.15, 0.2) is 77.3 Å². The van der Waals surface area contributed by atoms with E-state index in [0.717, 1.165) is 60.9 Å². The van der Waals surface area contributed by atoms with E-state index in [4.69, 9.17) is 42.4 Å². The van der Waals surface area contributed by atoms with Gasteiger partial charge in [0.25, 0.3) is 5.91 Å². The molecule has 0 radical (unpaired) electrons. The van der Waals surface area contributed by atoms with Crippen LogP contribution in [-0.4, -0.2) is 66.9 Å². The Bertz CT molecular complexity index is 2110. The molecule has 0 fully saturated rings. The highest BCUT2D eigenvalue weighted by Gasteiger charge is 2.26. The second kappa shape index (κ2) is 20.3. The number of unbranched alkanes of at least 4 members (excludes halogenated alkanes) is 7. The first-order valence-electron chi connectivity index (χ1n) is 19.5. The summed E-state index contributed by atoms with van der Waals surface area (Å²) in [5.74, 6) is 5.22. The van der Waals surface area contributed by atoms with Crippen LogP contribution >= 0.6 is 0 Å². The van der Waals surface area contributed by atoms with E-state index >= 15 is 0 Å². The summed E-state index contributed by atoms with van der Waals surface area (Å²) >= 11 is 0. The fourth-order valence-corrected chi connectivity index (χ4v) is 6.86. The van der Waals surface area contributed by atoms with E-state index in [0.29, 0.717) is 76.2 Å². The van der Waals surface area contributed by atoms with Crippen LogP contribution in [0.4, 0.5) is 5.69 Å². The summed E-state index contributed by atoms with van der Waals surface area (Å²) in [4.78, 5) is 12.8. The summed E-state index contributed by atoms with van der Waals surface area (Å²) in [6.45, 7) is 1.20. The molecular weight excluding hydrogens is 743 g/mol. The maximum atomic E-state index is 12.8. The standard InChI is InChI=1S/C45H53N3O10/c1-50-32-17-18-34-33(27-32)45(49)47-44(46-34)30-16-20-37(39(24-30)52-3)56-21-13-11-9-7-8-10-12-14-22-57-40-23-29(15-19-36(40)51-2)35-28-38(58-48-35)31-25-41(53-4)43(55-6)42(26-31)54-5/h15-20,23-28,44,46H,7-14,21-22H2,1-6H3,(H,47,49). The lowest BCUT2D eigenvalue weighted by atomic mass is 10.0. The Morgan fingerprint density at radius 1 is 0.552 bits per heavy atom. The first-order valence-corrected chi connectivity index (χ1v) is 19.5. The van der Waals surface area contributed by atoms with Gasteiger partial charge in [-0.25, -0.2) is 0 Å². The molecule has 6 rings (SSSR count). The molecule has 1 aliphatic heterocycles. The first kappa shape index (κ1) is 41.4. The van der Waals surface area contributed by atoms with E-state index in [1.165, 1.54) is 12.8 Å². The number of aromatic nitrogens is 1. The fourth-order valence-electron chi connectivity index (χ4n) is 6.86. The third-order valence-corrected chi connectivity index (χ3v) is 10.0. The summed E-state index contributed by atoms with van der Waals surface area (Å²) < 4.78 is 50.9. The van der Waals surface area contributed by atoms with E-state index in [1.54, 1.807) is 48.7 Å². The fraction of sp³-hybridized carbons (Fsp3) is 0.378. The van der Waals surface area contributed by atoms with Gasteiger partial charge in [-0.3, -0.25) is 4.79 Å². The molecule has 1 unspecified atom stereocenters. The summed E-state index contributed by atoms with van der Waals surface area (Å²) in [6, 6.07) is 22.4. The number of rotatable bonds is 22. The third kappa shape index (κ3) is 10.0. The Morgan fingerprint density at radius 3 is 1.81 bits per heavy atom. The molecule has 0 saturated heterocycles. The van der Waals surface area contributed by atoms with E-state index in [2.05, 4.69) is 15.8 Å². The number of anilines is 1. The van der Waals surface area contributed by atoms with Crippen LogP contribution in [0, 0.1) is 0 Å². The van der Waals surface area contributed by atoms with Crippen molar-refractivity contribution in [3.05, 3.63) is 83.9 Å². The normalized spacial score (nSPS) is 13.1. The number of hydrogen-bond acceptors (Lipinski definition) is 12. The molecular formula is C45H53N3O10. The molecule has 0 aliphatic carbocycles. The number of nitrogens with one attached hydrogen (secondary N) is 2. The van der Waals surface area contributed by atoms with Crippen LogP contribution in [0.2, 0.25) is 0 Å². The molecule has 13 heteroatoms. The molecule has 58 heavy (non-hydrogen) atoms. The van der Waals surface area contributed by atoms with Gasteiger partial charge in [-0.1, -0.05) is 49.7 Å². The van der Waals surface area contributed by atoms with Crippen molar-refractivity contribution in [3.8, 4) is 68.6 Å². The van der Waals surface area contributed by atoms with Gasteiger partial charge in [-0.15, -0.1) is 0 Å². The van der Waals surface area contributed by atoms with Gasteiger partial charge >= 0.3 is 0 Å². The van der Waals surface area contributed by atoms with E-state index in [9.17, 15) is 4.79 Å². The van der Waals surface area contributed by atoms with Gasteiger partial charge in [0.1, 0.15) is 17.6 Å². The van der Waals surface area contributed by atoms with Gasteiger partial charge in [-0.05, 0) is 79.1 Å². The van der Waals surface area contributed by atoms with Gasteiger partial charge in [0.05, 0.1) is 61.4 Å². The van der Waals surface area contributed by atoms with Gasteiger partial charge in [-0.2, -0.15) is 0 Å². The molecule has 1 aliphatic rings. The highest BCUT2D eigenvalue weighted by atomic mass is 16.5.